The number of carbonyl (C=O) groups is 1. The number of amides is 1. The normalized spacial score (nSPS) is 14.4. The van der Waals surface area contributed by atoms with E-state index in [2.05, 4.69) is 43.0 Å². The molecular weight excluding hydrogens is 455 g/mol. The maximum atomic E-state index is 12.9. The molecule has 8 heteroatoms. The van der Waals surface area contributed by atoms with Crippen molar-refractivity contribution in [3.05, 3.63) is 63.2 Å². The van der Waals surface area contributed by atoms with Crippen molar-refractivity contribution in [2.24, 2.45) is 0 Å². The molecule has 1 fully saturated rings. The molecule has 0 spiro atoms. The lowest BCUT2D eigenvalue weighted by atomic mass is 10.1. The average Bonchev–Trinajstić information content (AvgIpc) is 3.20. The number of aryl methyl sites for hydroxylation is 1. The monoisotopic (exact) mass is 474 g/mol. The van der Waals surface area contributed by atoms with Gasteiger partial charge in [-0.05, 0) is 63.7 Å². The lowest BCUT2D eigenvalue weighted by Crippen LogP contribution is -2.49. The van der Waals surface area contributed by atoms with E-state index in [0.29, 0.717) is 32.1 Å². The SMILES string of the molecule is Cc1cccc(C(=O)N2CCN(c3nnnn3-c3ccccc3)CC2)c1I. The van der Waals surface area contributed by atoms with Gasteiger partial charge in [-0.15, -0.1) is 0 Å². The molecule has 2 aromatic carbocycles. The molecule has 0 atom stereocenters. The van der Waals surface area contributed by atoms with E-state index in [9.17, 15) is 4.79 Å². The molecule has 1 amide bonds. The van der Waals surface area contributed by atoms with E-state index in [1.54, 1.807) is 4.68 Å². The number of hydrogen-bond donors (Lipinski definition) is 0. The number of tetrazole rings is 1. The topological polar surface area (TPSA) is 67.2 Å². The maximum Gasteiger partial charge on any atom is 0.255 e. The summed E-state index contributed by atoms with van der Waals surface area (Å²) < 4.78 is 2.76. The molecule has 0 aliphatic carbocycles. The molecule has 138 valence electrons. The van der Waals surface area contributed by atoms with Crippen molar-refractivity contribution in [2.75, 3.05) is 31.1 Å². The summed E-state index contributed by atoms with van der Waals surface area (Å²) in [5.41, 5.74) is 2.82. The van der Waals surface area contributed by atoms with Crippen LogP contribution in [-0.4, -0.2) is 57.2 Å². The number of anilines is 1. The first-order valence-corrected chi connectivity index (χ1v) is 9.86. The molecule has 0 N–H and O–H groups in total. The number of nitrogens with zero attached hydrogens (tertiary/aromatic N) is 6. The minimum atomic E-state index is 0.0883. The molecular formula is C19H19IN6O. The van der Waals surface area contributed by atoms with Gasteiger partial charge in [-0.25, -0.2) is 0 Å². The van der Waals surface area contributed by atoms with E-state index in [-0.39, 0.29) is 5.91 Å². The Labute approximate surface area is 171 Å². The van der Waals surface area contributed by atoms with Gasteiger partial charge in [-0.3, -0.25) is 4.79 Å². The predicted octanol–water partition coefficient (Wildman–Crippen LogP) is 2.54. The van der Waals surface area contributed by atoms with Crippen LogP contribution < -0.4 is 4.90 Å². The molecule has 0 unspecified atom stereocenters. The first kappa shape index (κ1) is 17.9. The summed E-state index contributed by atoms with van der Waals surface area (Å²) >= 11 is 2.25. The van der Waals surface area contributed by atoms with Crippen LogP contribution in [0.1, 0.15) is 15.9 Å². The fraction of sp³-hybridized carbons (Fsp3) is 0.263. The first-order valence-electron chi connectivity index (χ1n) is 8.78. The fourth-order valence-corrected chi connectivity index (χ4v) is 3.80. The number of carbonyl (C=O) groups excluding carboxylic acids is 1. The van der Waals surface area contributed by atoms with Crippen molar-refractivity contribution in [3.63, 3.8) is 0 Å². The molecule has 1 aromatic heterocycles. The van der Waals surface area contributed by atoms with Gasteiger partial charge in [0.1, 0.15) is 0 Å². The van der Waals surface area contributed by atoms with E-state index < -0.39 is 0 Å². The van der Waals surface area contributed by atoms with Crippen molar-refractivity contribution in [1.29, 1.82) is 0 Å². The molecule has 0 radical (unpaired) electrons. The molecule has 4 rings (SSSR count). The Bertz CT molecular complexity index is 950. The average molecular weight is 474 g/mol. The molecule has 2 heterocycles. The number of halogens is 1. The van der Waals surface area contributed by atoms with E-state index >= 15 is 0 Å². The van der Waals surface area contributed by atoms with Gasteiger partial charge in [-0.1, -0.05) is 35.4 Å². The second-order valence-electron chi connectivity index (χ2n) is 6.44. The molecule has 1 aliphatic rings. The molecule has 0 saturated carbocycles. The Morgan fingerprint density at radius 1 is 1.00 bits per heavy atom. The zero-order valence-electron chi connectivity index (χ0n) is 14.9. The largest absolute Gasteiger partial charge is 0.336 e. The van der Waals surface area contributed by atoms with Gasteiger partial charge >= 0.3 is 0 Å². The Kier molecular flexibility index (Phi) is 5.06. The van der Waals surface area contributed by atoms with Crippen LogP contribution >= 0.6 is 22.6 Å². The van der Waals surface area contributed by atoms with Gasteiger partial charge in [0.25, 0.3) is 5.91 Å². The molecule has 1 saturated heterocycles. The van der Waals surface area contributed by atoms with Crippen LogP contribution in [0.2, 0.25) is 0 Å². The standard InChI is InChI=1S/C19H19IN6O/c1-14-6-5-9-16(17(14)20)18(27)24-10-12-25(13-11-24)19-21-22-23-26(19)15-7-3-2-4-8-15/h2-9H,10-13H2,1H3. The third kappa shape index (κ3) is 3.53. The zero-order valence-corrected chi connectivity index (χ0v) is 17.1. The third-order valence-corrected chi connectivity index (χ3v) is 6.16. The van der Waals surface area contributed by atoms with Crippen LogP contribution in [0.15, 0.2) is 48.5 Å². The van der Waals surface area contributed by atoms with Gasteiger partial charge in [0.05, 0.1) is 11.3 Å². The third-order valence-electron chi connectivity index (χ3n) is 4.73. The number of para-hydroxylation sites is 1. The van der Waals surface area contributed by atoms with E-state index in [0.717, 1.165) is 20.4 Å². The van der Waals surface area contributed by atoms with Crippen LogP contribution in [0.5, 0.6) is 0 Å². The quantitative estimate of drug-likeness (QED) is 0.546. The van der Waals surface area contributed by atoms with Crippen LogP contribution in [0.4, 0.5) is 5.95 Å². The smallest absolute Gasteiger partial charge is 0.255 e. The predicted molar refractivity (Wildman–Crippen MR) is 111 cm³/mol. The minimum Gasteiger partial charge on any atom is -0.336 e. The van der Waals surface area contributed by atoms with Gasteiger partial charge in [-0.2, -0.15) is 4.68 Å². The second kappa shape index (κ2) is 7.63. The van der Waals surface area contributed by atoms with Crippen LogP contribution in [0, 0.1) is 10.5 Å². The van der Waals surface area contributed by atoms with Gasteiger partial charge in [0, 0.05) is 29.7 Å². The molecule has 1 aliphatic heterocycles. The van der Waals surface area contributed by atoms with Crippen LogP contribution in [0.3, 0.4) is 0 Å². The summed E-state index contributed by atoms with van der Waals surface area (Å²) in [6.45, 7) is 4.71. The second-order valence-corrected chi connectivity index (χ2v) is 7.52. The fourth-order valence-electron chi connectivity index (χ4n) is 3.21. The number of benzene rings is 2. The first-order chi connectivity index (χ1) is 13.1. The van der Waals surface area contributed by atoms with Gasteiger partial charge < -0.3 is 9.80 Å². The summed E-state index contributed by atoms with van der Waals surface area (Å²) in [6, 6.07) is 15.7. The highest BCUT2D eigenvalue weighted by Crippen LogP contribution is 2.21. The van der Waals surface area contributed by atoms with Crippen molar-refractivity contribution in [2.45, 2.75) is 6.92 Å². The van der Waals surface area contributed by atoms with Crippen LogP contribution in [-0.2, 0) is 0 Å². The van der Waals surface area contributed by atoms with Crippen LogP contribution in [0.25, 0.3) is 5.69 Å². The molecule has 27 heavy (non-hydrogen) atoms. The summed E-state index contributed by atoms with van der Waals surface area (Å²) in [6.07, 6.45) is 0. The summed E-state index contributed by atoms with van der Waals surface area (Å²) in [4.78, 5) is 16.9. The van der Waals surface area contributed by atoms with Crippen molar-refractivity contribution < 1.29 is 4.79 Å². The number of rotatable bonds is 3. The van der Waals surface area contributed by atoms with Crippen molar-refractivity contribution in [3.8, 4) is 5.69 Å². The highest BCUT2D eigenvalue weighted by atomic mass is 127. The Balaban J connectivity index is 1.48. The zero-order chi connectivity index (χ0) is 18.8. The van der Waals surface area contributed by atoms with Gasteiger partial charge in [0.2, 0.25) is 5.95 Å². The van der Waals surface area contributed by atoms with E-state index in [1.807, 2.05) is 60.4 Å². The van der Waals surface area contributed by atoms with Crippen molar-refractivity contribution >= 4 is 34.4 Å². The lowest BCUT2D eigenvalue weighted by molar-refractivity contribution is 0.0745. The van der Waals surface area contributed by atoms with Crippen molar-refractivity contribution in [1.82, 2.24) is 25.1 Å². The summed E-state index contributed by atoms with van der Waals surface area (Å²) in [5.74, 6) is 0.795. The van der Waals surface area contributed by atoms with E-state index in [4.69, 9.17) is 0 Å². The Morgan fingerprint density at radius 2 is 1.74 bits per heavy atom. The van der Waals surface area contributed by atoms with E-state index in [1.165, 1.54) is 0 Å². The highest BCUT2D eigenvalue weighted by molar-refractivity contribution is 14.1. The number of aromatic nitrogens is 4. The highest BCUT2D eigenvalue weighted by Gasteiger charge is 2.26. The Hall–Kier alpha value is -2.49. The minimum absolute atomic E-state index is 0.0883. The molecule has 7 nitrogen and oxygen atoms in total. The Morgan fingerprint density at radius 3 is 2.48 bits per heavy atom. The number of hydrogen-bond acceptors (Lipinski definition) is 5. The number of piperazine rings is 1. The summed E-state index contributed by atoms with van der Waals surface area (Å²) in [5, 5.41) is 12.1. The lowest BCUT2D eigenvalue weighted by Gasteiger charge is -2.35. The molecule has 0 bridgehead atoms. The van der Waals surface area contributed by atoms with Gasteiger partial charge in [0.15, 0.2) is 0 Å². The maximum absolute atomic E-state index is 12.9. The molecule has 3 aromatic rings. The summed E-state index contributed by atoms with van der Waals surface area (Å²) in [7, 11) is 0.